The molecule has 5 heteroatoms. The molecular weight excluding hydrogens is 334 g/mol. The van der Waals surface area contributed by atoms with Gasteiger partial charge in [-0.3, -0.25) is 4.79 Å². The highest BCUT2D eigenvalue weighted by Gasteiger charge is 2.03. The smallest absolute Gasteiger partial charge is 0.227 e. The van der Waals surface area contributed by atoms with E-state index in [4.69, 9.17) is 9.47 Å². The van der Waals surface area contributed by atoms with Gasteiger partial charge < -0.3 is 14.8 Å². The van der Waals surface area contributed by atoms with Crippen molar-refractivity contribution >= 4 is 27.5 Å². The maximum absolute atomic E-state index is 11.8. The molecule has 21 heavy (non-hydrogen) atoms. The lowest BCUT2D eigenvalue weighted by molar-refractivity contribution is -0.116. The zero-order valence-corrected chi connectivity index (χ0v) is 13.2. The van der Waals surface area contributed by atoms with E-state index >= 15 is 0 Å². The quantitative estimate of drug-likeness (QED) is 0.861. The summed E-state index contributed by atoms with van der Waals surface area (Å²) in [4.78, 5) is 11.8. The van der Waals surface area contributed by atoms with E-state index in [0.29, 0.717) is 18.8 Å². The van der Waals surface area contributed by atoms with Crippen LogP contribution in [0.3, 0.4) is 0 Å². The number of anilines is 1. The van der Waals surface area contributed by atoms with Crippen LogP contribution < -0.4 is 14.8 Å². The van der Waals surface area contributed by atoms with Gasteiger partial charge in [0.2, 0.25) is 5.91 Å². The van der Waals surface area contributed by atoms with E-state index in [1.54, 1.807) is 7.11 Å². The molecule has 0 bridgehead atoms. The van der Waals surface area contributed by atoms with E-state index in [1.807, 2.05) is 48.5 Å². The summed E-state index contributed by atoms with van der Waals surface area (Å²) >= 11 is 3.36. The number of methoxy groups -OCH3 is 1. The Hall–Kier alpha value is -2.01. The third-order valence-corrected chi connectivity index (χ3v) is 3.26. The second-order valence-electron chi connectivity index (χ2n) is 4.33. The van der Waals surface area contributed by atoms with E-state index < -0.39 is 0 Å². The number of hydrogen-bond donors (Lipinski definition) is 1. The molecule has 0 atom stereocenters. The van der Waals surface area contributed by atoms with Crippen molar-refractivity contribution in [1.29, 1.82) is 0 Å². The van der Waals surface area contributed by atoms with Crippen LogP contribution in [-0.2, 0) is 4.79 Å². The number of carbonyl (C=O) groups is 1. The number of nitrogens with one attached hydrogen (secondary N) is 1. The largest absolute Gasteiger partial charge is 0.497 e. The van der Waals surface area contributed by atoms with E-state index in [2.05, 4.69) is 21.2 Å². The second kappa shape index (κ2) is 7.69. The minimum Gasteiger partial charge on any atom is -0.497 e. The molecule has 0 aliphatic rings. The van der Waals surface area contributed by atoms with Crippen molar-refractivity contribution < 1.29 is 14.3 Å². The van der Waals surface area contributed by atoms with E-state index in [0.717, 1.165) is 15.9 Å². The molecule has 0 spiro atoms. The van der Waals surface area contributed by atoms with Crippen LogP contribution in [0, 0.1) is 0 Å². The molecule has 0 aliphatic carbocycles. The summed E-state index contributed by atoms with van der Waals surface area (Å²) in [5.41, 5.74) is 0.763. The molecule has 0 saturated carbocycles. The molecule has 0 radical (unpaired) electrons. The van der Waals surface area contributed by atoms with Crippen LogP contribution in [0.5, 0.6) is 11.5 Å². The highest BCUT2D eigenvalue weighted by atomic mass is 79.9. The minimum atomic E-state index is -0.0818. The van der Waals surface area contributed by atoms with Gasteiger partial charge in [0.05, 0.1) is 20.1 Å². The Labute approximate surface area is 132 Å². The number of carbonyl (C=O) groups excluding carboxylic acids is 1. The first kappa shape index (κ1) is 15.4. The van der Waals surface area contributed by atoms with Crippen molar-refractivity contribution in [3.05, 3.63) is 53.0 Å². The maximum Gasteiger partial charge on any atom is 0.227 e. The van der Waals surface area contributed by atoms with Crippen molar-refractivity contribution in [2.24, 2.45) is 0 Å². The van der Waals surface area contributed by atoms with Gasteiger partial charge in [-0.15, -0.1) is 0 Å². The molecule has 110 valence electrons. The average Bonchev–Trinajstić information content (AvgIpc) is 2.48. The SMILES string of the molecule is COc1ccc(OCCC(=O)Nc2cccc(Br)c2)cc1. The lowest BCUT2D eigenvalue weighted by Crippen LogP contribution is -2.15. The van der Waals surface area contributed by atoms with Gasteiger partial charge in [0, 0.05) is 10.2 Å². The van der Waals surface area contributed by atoms with E-state index in [1.165, 1.54) is 0 Å². The third-order valence-electron chi connectivity index (χ3n) is 2.77. The van der Waals surface area contributed by atoms with Crippen molar-refractivity contribution in [3.8, 4) is 11.5 Å². The van der Waals surface area contributed by atoms with Gasteiger partial charge in [-0.2, -0.15) is 0 Å². The summed E-state index contributed by atoms with van der Waals surface area (Å²) in [5, 5.41) is 2.82. The first-order valence-electron chi connectivity index (χ1n) is 6.49. The monoisotopic (exact) mass is 349 g/mol. The van der Waals surface area contributed by atoms with Gasteiger partial charge in [0.1, 0.15) is 11.5 Å². The number of halogens is 1. The Morgan fingerprint density at radius 1 is 1.14 bits per heavy atom. The molecule has 1 N–H and O–H groups in total. The van der Waals surface area contributed by atoms with Crippen LogP contribution in [-0.4, -0.2) is 19.6 Å². The molecular formula is C16H16BrNO3. The van der Waals surface area contributed by atoms with Crippen LogP contribution >= 0.6 is 15.9 Å². The van der Waals surface area contributed by atoms with Crippen LogP contribution in [0.25, 0.3) is 0 Å². The van der Waals surface area contributed by atoms with E-state index in [-0.39, 0.29) is 5.91 Å². The van der Waals surface area contributed by atoms with Crippen LogP contribution in [0.1, 0.15) is 6.42 Å². The first-order chi connectivity index (χ1) is 10.2. The summed E-state index contributed by atoms with van der Waals surface area (Å²) in [6.45, 7) is 0.326. The minimum absolute atomic E-state index is 0.0818. The molecule has 0 aromatic heterocycles. The van der Waals surface area contributed by atoms with Crippen molar-refractivity contribution in [3.63, 3.8) is 0 Å². The van der Waals surface area contributed by atoms with Crippen molar-refractivity contribution in [1.82, 2.24) is 0 Å². The molecule has 0 heterocycles. The van der Waals surface area contributed by atoms with Crippen LogP contribution in [0.15, 0.2) is 53.0 Å². The fourth-order valence-corrected chi connectivity index (χ4v) is 2.12. The molecule has 2 rings (SSSR count). The Morgan fingerprint density at radius 2 is 1.86 bits per heavy atom. The summed E-state index contributed by atoms with van der Waals surface area (Å²) < 4.78 is 11.5. The standard InChI is InChI=1S/C16H16BrNO3/c1-20-14-5-7-15(8-6-14)21-10-9-16(19)18-13-4-2-3-12(17)11-13/h2-8,11H,9-10H2,1H3,(H,18,19). The molecule has 4 nitrogen and oxygen atoms in total. The van der Waals surface area contributed by atoms with E-state index in [9.17, 15) is 4.79 Å². The molecule has 0 aliphatic heterocycles. The number of benzene rings is 2. The lowest BCUT2D eigenvalue weighted by atomic mass is 10.3. The average molecular weight is 350 g/mol. The Balaban J connectivity index is 1.76. The van der Waals surface area contributed by atoms with Crippen molar-refractivity contribution in [2.45, 2.75) is 6.42 Å². The van der Waals surface area contributed by atoms with Gasteiger partial charge in [0.15, 0.2) is 0 Å². The van der Waals surface area contributed by atoms with Crippen LogP contribution in [0.2, 0.25) is 0 Å². The summed E-state index contributed by atoms with van der Waals surface area (Å²) in [5.74, 6) is 1.41. The van der Waals surface area contributed by atoms with Gasteiger partial charge >= 0.3 is 0 Å². The third kappa shape index (κ3) is 5.11. The first-order valence-corrected chi connectivity index (χ1v) is 7.29. The zero-order valence-electron chi connectivity index (χ0n) is 11.6. The molecule has 2 aromatic rings. The number of hydrogen-bond acceptors (Lipinski definition) is 3. The summed E-state index contributed by atoms with van der Waals surface area (Å²) in [6.07, 6.45) is 0.290. The second-order valence-corrected chi connectivity index (χ2v) is 5.25. The van der Waals surface area contributed by atoms with Gasteiger partial charge in [-0.1, -0.05) is 22.0 Å². The van der Waals surface area contributed by atoms with Gasteiger partial charge in [0.25, 0.3) is 0 Å². The maximum atomic E-state index is 11.8. The molecule has 2 aromatic carbocycles. The Morgan fingerprint density at radius 3 is 2.52 bits per heavy atom. The summed E-state index contributed by atoms with van der Waals surface area (Å²) in [6, 6.07) is 14.7. The highest BCUT2D eigenvalue weighted by molar-refractivity contribution is 9.10. The molecule has 0 unspecified atom stereocenters. The topological polar surface area (TPSA) is 47.6 Å². The predicted molar refractivity (Wildman–Crippen MR) is 85.9 cm³/mol. The zero-order chi connectivity index (χ0) is 15.1. The fraction of sp³-hybridized carbons (Fsp3) is 0.188. The number of amides is 1. The Bertz CT molecular complexity index is 599. The molecule has 1 amide bonds. The fourth-order valence-electron chi connectivity index (χ4n) is 1.72. The van der Waals surface area contributed by atoms with Gasteiger partial charge in [-0.05, 0) is 42.5 Å². The van der Waals surface area contributed by atoms with Crippen LogP contribution in [0.4, 0.5) is 5.69 Å². The normalized spacial score (nSPS) is 10.0. The Kier molecular flexibility index (Phi) is 5.63. The van der Waals surface area contributed by atoms with Crippen molar-refractivity contribution in [2.75, 3.05) is 19.0 Å². The predicted octanol–water partition coefficient (Wildman–Crippen LogP) is 3.87. The molecule has 0 saturated heterocycles. The van der Waals surface area contributed by atoms with Gasteiger partial charge in [-0.25, -0.2) is 0 Å². The number of ether oxygens (including phenoxy) is 2. The highest BCUT2D eigenvalue weighted by Crippen LogP contribution is 2.18. The summed E-state index contributed by atoms with van der Waals surface area (Å²) in [7, 11) is 1.61. The lowest BCUT2D eigenvalue weighted by Gasteiger charge is -2.08. The number of rotatable bonds is 6. The molecule has 0 fully saturated rings.